The lowest BCUT2D eigenvalue weighted by molar-refractivity contribution is 0.108. The molecule has 0 spiro atoms. The van der Waals surface area contributed by atoms with Crippen LogP contribution in [0.1, 0.15) is 14.2 Å². The van der Waals surface area contributed by atoms with Gasteiger partial charge in [-0.3, -0.25) is 0 Å². The van der Waals surface area contributed by atoms with Crippen molar-refractivity contribution in [1.29, 1.82) is 0 Å². The number of rotatable bonds is 1. The van der Waals surface area contributed by atoms with Gasteiger partial charge in [-0.2, -0.15) is 4.31 Å². The summed E-state index contributed by atoms with van der Waals surface area (Å²) in [4.78, 5) is 0. The Bertz CT molecular complexity index is 254. The molecule has 1 N–H and O–H groups in total. The summed E-state index contributed by atoms with van der Waals surface area (Å²) in [5.74, 6) is 0. The third-order valence-corrected chi connectivity index (χ3v) is 2.95. The number of hydrogen-bond donors (Lipinski definition) is 1. The second-order valence-corrected chi connectivity index (χ2v) is 4.70. The van der Waals surface area contributed by atoms with Crippen LogP contribution in [0.3, 0.4) is 0 Å². The first-order chi connectivity index (χ1) is 5.41. The van der Waals surface area contributed by atoms with E-state index in [0.29, 0.717) is 13.0 Å². The van der Waals surface area contributed by atoms with E-state index in [-0.39, 0.29) is 6.54 Å². The van der Waals surface area contributed by atoms with Crippen LogP contribution in [0.5, 0.6) is 0 Å². The number of aliphatic hydroxyl groups is 1. The van der Waals surface area contributed by atoms with Crippen molar-refractivity contribution in [3.8, 4) is 0 Å². The van der Waals surface area contributed by atoms with E-state index < -0.39 is 22.5 Å². The van der Waals surface area contributed by atoms with E-state index in [1.54, 1.807) is 0 Å². The van der Waals surface area contributed by atoms with Crippen LogP contribution in [0.25, 0.3) is 0 Å². The molecule has 0 saturated carbocycles. The Balaban J connectivity index is 2.64. The van der Waals surface area contributed by atoms with Crippen LogP contribution >= 0.6 is 0 Å². The molecule has 0 aromatic rings. The van der Waals surface area contributed by atoms with Crippen molar-refractivity contribution in [2.24, 2.45) is 0 Å². The number of sulfonamides is 1. The number of piperidine rings is 1. The second-order valence-electron chi connectivity index (χ2n) is 2.71. The molecule has 0 aliphatic carbocycles. The molecule has 11 heavy (non-hydrogen) atoms. The van der Waals surface area contributed by atoms with Gasteiger partial charge >= 0.3 is 0 Å². The standard InChI is InChI=1S/C6H13NO3S/c1-11(9,10)7-4-2-3-6(8)5-7/h6,8H,2-5H2,1H3/i3D. The van der Waals surface area contributed by atoms with E-state index in [1.165, 1.54) is 4.31 Å². The molecule has 1 fully saturated rings. The number of hydrogen-bond acceptors (Lipinski definition) is 3. The number of aliphatic hydroxyl groups excluding tert-OH is 1. The van der Waals surface area contributed by atoms with Gasteiger partial charge in [-0.25, -0.2) is 8.42 Å². The highest BCUT2D eigenvalue weighted by Crippen LogP contribution is 2.12. The SMILES string of the molecule is [2H]C1CCN(S(C)(=O)=O)CC1O. The zero-order chi connectivity index (χ0) is 9.35. The van der Waals surface area contributed by atoms with Crippen molar-refractivity contribution in [3.63, 3.8) is 0 Å². The van der Waals surface area contributed by atoms with Gasteiger partial charge in [0.15, 0.2) is 0 Å². The van der Waals surface area contributed by atoms with E-state index in [2.05, 4.69) is 0 Å². The van der Waals surface area contributed by atoms with Crippen LogP contribution < -0.4 is 0 Å². The molecular formula is C6H13NO3S. The van der Waals surface area contributed by atoms with E-state index in [1.807, 2.05) is 0 Å². The zero-order valence-electron chi connectivity index (χ0n) is 7.40. The van der Waals surface area contributed by atoms with E-state index in [0.717, 1.165) is 6.26 Å². The van der Waals surface area contributed by atoms with E-state index in [4.69, 9.17) is 1.37 Å². The average molecular weight is 180 g/mol. The van der Waals surface area contributed by atoms with Gasteiger partial charge in [-0.15, -0.1) is 0 Å². The first kappa shape index (κ1) is 7.52. The normalized spacial score (nSPS) is 36.7. The summed E-state index contributed by atoms with van der Waals surface area (Å²) in [5.41, 5.74) is 0. The van der Waals surface area contributed by atoms with Crippen LogP contribution in [0.2, 0.25) is 0 Å². The predicted octanol–water partition coefficient (Wildman–Crippen LogP) is -0.597. The zero-order valence-corrected chi connectivity index (χ0v) is 7.21. The molecule has 1 aliphatic rings. The van der Waals surface area contributed by atoms with Gasteiger partial charge in [-0.1, -0.05) is 0 Å². The maximum Gasteiger partial charge on any atom is 0.211 e. The van der Waals surface area contributed by atoms with E-state index >= 15 is 0 Å². The summed E-state index contributed by atoms with van der Waals surface area (Å²) >= 11 is 0. The molecular weight excluding hydrogens is 166 g/mol. The molecule has 0 aromatic heterocycles. The fourth-order valence-corrected chi connectivity index (χ4v) is 1.95. The van der Waals surface area contributed by atoms with Crippen molar-refractivity contribution < 1.29 is 14.9 Å². The summed E-state index contributed by atoms with van der Waals surface area (Å²) in [5, 5.41) is 9.22. The second kappa shape index (κ2) is 3.08. The van der Waals surface area contributed by atoms with Crippen LogP contribution in [-0.4, -0.2) is 43.3 Å². The smallest absolute Gasteiger partial charge is 0.211 e. The highest BCUT2D eigenvalue weighted by molar-refractivity contribution is 7.88. The van der Waals surface area contributed by atoms with Crippen LogP contribution in [0.15, 0.2) is 0 Å². The molecule has 0 bridgehead atoms. The summed E-state index contributed by atoms with van der Waals surface area (Å²) < 4.78 is 30.5. The maximum atomic E-state index is 11.0. The molecule has 1 saturated heterocycles. The lowest BCUT2D eigenvalue weighted by Gasteiger charge is -2.27. The van der Waals surface area contributed by atoms with Gasteiger partial charge in [0.1, 0.15) is 0 Å². The molecule has 0 aromatic carbocycles. The van der Waals surface area contributed by atoms with Crippen molar-refractivity contribution >= 4 is 10.0 Å². The number of nitrogens with zero attached hydrogens (tertiary/aromatic N) is 1. The molecule has 0 radical (unpaired) electrons. The van der Waals surface area contributed by atoms with Crippen molar-refractivity contribution in [3.05, 3.63) is 0 Å². The van der Waals surface area contributed by atoms with Gasteiger partial charge in [0.25, 0.3) is 0 Å². The Kier molecular flexibility index (Phi) is 2.11. The first-order valence-electron chi connectivity index (χ1n) is 4.04. The third kappa shape index (κ3) is 2.43. The molecule has 5 heteroatoms. The minimum absolute atomic E-state index is 0.0625. The monoisotopic (exact) mass is 180 g/mol. The van der Waals surface area contributed by atoms with Gasteiger partial charge in [0, 0.05) is 14.5 Å². The predicted molar refractivity (Wildman–Crippen MR) is 41.7 cm³/mol. The largest absolute Gasteiger partial charge is 0.392 e. The average Bonchev–Trinajstić information content (AvgIpc) is 1.92. The Morgan fingerprint density at radius 2 is 2.36 bits per heavy atom. The van der Waals surface area contributed by atoms with Crippen molar-refractivity contribution in [2.45, 2.75) is 18.9 Å². The van der Waals surface area contributed by atoms with Gasteiger partial charge in [-0.05, 0) is 12.8 Å². The minimum atomic E-state index is -3.19. The molecule has 1 aliphatic heterocycles. The fraction of sp³-hybridized carbons (Fsp3) is 1.00. The lowest BCUT2D eigenvalue weighted by atomic mass is 10.1. The van der Waals surface area contributed by atoms with Gasteiger partial charge in [0.2, 0.25) is 10.0 Å². The quantitative estimate of drug-likeness (QED) is 0.586. The Hall–Kier alpha value is -0.130. The van der Waals surface area contributed by atoms with Crippen molar-refractivity contribution in [2.75, 3.05) is 19.3 Å². The van der Waals surface area contributed by atoms with Crippen LogP contribution in [-0.2, 0) is 10.0 Å². The first-order valence-corrected chi connectivity index (χ1v) is 5.31. The minimum Gasteiger partial charge on any atom is -0.392 e. The van der Waals surface area contributed by atoms with Crippen molar-refractivity contribution in [1.82, 2.24) is 4.31 Å². The highest BCUT2D eigenvalue weighted by atomic mass is 32.2. The van der Waals surface area contributed by atoms with Crippen LogP contribution in [0.4, 0.5) is 0 Å². The van der Waals surface area contributed by atoms with Gasteiger partial charge in [0.05, 0.1) is 12.4 Å². The molecule has 66 valence electrons. The van der Waals surface area contributed by atoms with Gasteiger partial charge < -0.3 is 5.11 Å². The maximum absolute atomic E-state index is 11.0. The van der Waals surface area contributed by atoms with Crippen LogP contribution in [0, 0.1) is 0 Å². The summed E-state index contributed by atoms with van der Waals surface area (Å²) in [7, 11) is -3.19. The summed E-state index contributed by atoms with van der Waals surface area (Å²) in [6, 6.07) is 0. The summed E-state index contributed by atoms with van der Waals surface area (Å²) in [6.07, 6.45) is 0.148. The number of β-amino-alcohol motifs (C(OH)–C–C–N with tert-alkyl or cyclic N) is 1. The highest BCUT2D eigenvalue weighted by Gasteiger charge is 2.23. The molecule has 1 rings (SSSR count). The molecule has 2 atom stereocenters. The van der Waals surface area contributed by atoms with E-state index in [9.17, 15) is 13.5 Å². The Morgan fingerprint density at radius 3 is 2.82 bits per heavy atom. The third-order valence-electron chi connectivity index (χ3n) is 1.68. The Morgan fingerprint density at radius 1 is 1.73 bits per heavy atom. The molecule has 2 unspecified atom stereocenters. The molecule has 4 nitrogen and oxygen atoms in total. The summed E-state index contributed by atoms with van der Waals surface area (Å²) in [6.45, 7) is 0.414. The lowest BCUT2D eigenvalue weighted by Crippen LogP contribution is -2.41. The molecule has 1 heterocycles. The fourth-order valence-electron chi connectivity index (χ4n) is 1.09. The Labute approximate surface area is 68.3 Å². The topological polar surface area (TPSA) is 57.6 Å². The molecule has 0 amide bonds.